The number of carbonyl (C=O) groups is 7. The minimum atomic E-state index is -2.05. The second kappa shape index (κ2) is 15.8. The molecule has 0 N–H and O–H groups in total. The highest BCUT2D eigenvalue weighted by Crippen LogP contribution is 2.51. The molecule has 0 heterocycles. The Morgan fingerprint density at radius 3 is 1.78 bits per heavy atom. The standard InChI is InChI=1S/C37H46O13/c1-19-16-17-36(9,10)34(48-25(7)41)32(47-24(6)40)31(49-35(44)27-14-12-11-13-15-27)21(3)30(46-23(5)39)28-29(45-22(4)38)20(2)18-37(28,33(19)43)50-26(8)42/h11-17,19-20,28-32,34H,3,18H2,1-2,4-10H3/t19-,20-,28+,29-,30-,31-,32+,34+,37+/m0/s1. The van der Waals surface area contributed by atoms with Gasteiger partial charge in [0.15, 0.2) is 29.7 Å². The van der Waals surface area contributed by atoms with Crippen LogP contribution >= 0.6 is 0 Å². The Morgan fingerprint density at radius 2 is 1.26 bits per heavy atom. The molecule has 1 saturated carbocycles. The number of carbonyl (C=O) groups excluding carboxylic acids is 7. The van der Waals surface area contributed by atoms with Crippen LogP contribution in [0.25, 0.3) is 0 Å². The molecule has 0 saturated heterocycles. The molecule has 2 aliphatic rings. The summed E-state index contributed by atoms with van der Waals surface area (Å²) in [6.45, 7) is 16.3. The summed E-state index contributed by atoms with van der Waals surface area (Å²) in [5.41, 5.74) is -3.43. The minimum Gasteiger partial charge on any atom is -0.462 e. The van der Waals surface area contributed by atoms with Crippen LogP contribution in [0.3, 0.4) is 0 Å². The van der Waals surface area contributed by atoms with E-state index in [1.807, 2.05) is 0 Å². The summed E-state index contributed by atoms with van der Waals surface area (Å²) in [4.78, 5) is 92.0. The van der Waals surface area contributed by atoms with E-state index in [4.69, 9.17) is 28.4 Å². The van der Waals surface area contributed by atoms with Gasteiger partial charge in [0, 0.05) is 57.9 Å². The van der Waals surface area contributed by atoms with Gasteiger partial charge in [-0.25, -0.2) is 4.79 Å². The largest absolute Gasteiger partial charge is 0.462 e. The lowest BCUT2D eigenvalue weighted by Crippen LogP contribution is -2.59. The summed E-state index contributed by atoms with van der Waals surface area (Å²) in [7, 11) is 0. The number of benzene rings is 1. The summed E-state index contributed by atoms with van der Waals surface area (Å²) >= 11 is 0. The van der Waals surface area contributed by atoms with Crippen LogP contribution in [0, 0.1) is 23.2 Å². The Hall–Kier alpha value is -4.81. The fourth-order valence-corrected chi connectivity index (χ4v) is 6.92. The van der Waals surface area contributed by atoms with Crippen molar-refractivity contribution < 1.29 is 62.0 Å². The lowest BCUT2D eigenvalue weighted by atomic mass is 9.72. The molecule has 0 aromatic heterocycles. The zero-order valence-electron chi connectivity index (χ0n) is 29.9. The van der Waals surface area contributed by atoms with Gasteiger partial charge in [-0.15, -0.1) is 0 Å². The van der Waals surface area contributed by atoms with Gasteiger partial charge in [0.1, 0.15) is 12.2 Å². The number of ether oxygens (including phenoxy) is 6. The average molecular weight is 699 g/mol. The summed E-state index contributed by atoms with van der Waals surface area (Å²) in [5.74, 6) is -8.62. The first-order valence-electron chi connectivity index (χ1n) is 16.3. The van der Waals surface area contributed by atoms with Gasteiger partial charge in [-0.1, -0.05) is 64.6 Å². The monoisotopic (exact) mass is 698 g/mol. The van der Waals surface area contributed by atoms with Crippen LogP contribution < -0.4 is 0 Å². The highest BCUT2D eigenvalue weighted by atomic mass is 16.6. The first-order chi connectivity index (χ1) is 23.2. The molecule has 272 valence electrons. The molecule has 13 nitrogen and oxygen atoms in total. The maximum Gasteiger partial charge on any atom is 0.338 e. The first-order valence-corrected chi connectivity index (χ1v) is 16.3. The van der Waals surface area contributed by atoms with E-state index in [1.165, 1.54) is 18.2 Å². The number of fused-ring (bicyclic) bond motifs is 1. The fraction of sp³-hybridized carbons (Fsp3) is 0.541. The number of hydrogen-bond acceptors (Lipinski definition) is 13. The van der Waals surface area contributed by atoms with Gasteiger partial charge in [0.2, 0.25) is 0 Å². The highest BCUT2D eigenvalue weighted by Gasteiger charge is 2.66. The van der Waals surface area contributed by atoms with Crippen LogP contribution in [-0.2, 0) is 57.2 Å². The first kappa shape index (κ1) is 39.6. The van der Waals surface area contributed by atoms with Crippen molar-refractivity contribution in [1.82, 2.24) is 0 Å². The quantitative estimate of drug-likeness (QED) is 0.225. The van der Waals surface area contributed by atoms with Crippen molar-refractivity contribution in [3.63, 3.8) is 0 Å². The van der Waals surface area contributed by atoms with E-state index in [-0.39, 0.29) is 17.6 Å². The van der Waals surface area contributed by atoms with Crippen LogP contribution in [0.5, 0.6) is 0 Å². The van der Waals surface area contributed by atoms with E-state index in [9.17, 15) is 33.6 Å². The molecule has 2 aliphatic carbocycles. The Bertz CT molecular complexity index is 1540. The zero-order valence-corrected chi connectivity index (χ0v) is 29.9. The molecule has 3 rings (SSSR count). The predicted molar refractivity (Wildman–Crippen MR) is 176 cm³/mol. The van der Waals surface area contributed by atoms with E-state index in [0.29, 0.717) is 0 Å². The van der Waals surface area contributed by atoms with Crippen LogP contribution in [0.2, 0.25) is 0 Å². The maximum atomic E-state index is 14.7. The number of Topliss-reactive ketones (excluding diaryl/α,β-unsaturated/α-hetero) is 1. The van der Waals surface area contributed by atoms with Crippen molar-refractivity contribution in [3.05, 3.63) is 60.2 Å². The molecule has 1 aromatic carbocycles. The number of esters is 6. The minimum absolute atomic E-state index is 0.0887. The normalized spacial score (nSPS) is 30.7. The van der Waals surface area contributed by atoms with Crippen molar-refractivity contribution in [1.29, 1.82) is 0 Å². The number of ketones is 1. The van der Waals surface area contributed by atoms with Crippen LogP contribution in [0.15, 0.2) is 54.6 Å². The second-order valence-corrected chi connectivity index (χ2v) is 13.5. The van der Waals surface area contributed by atoms with E-state index < -0.39 is 101 Å². The maximum absolute atomic E-state index is 14.7. The van der Waals surface area contributed by atoms with E-state index in [0.717, 1.165) is 34.6 Å². The summed E-state index contributed by atoms with van der Waals surface area (Å²) < 4.78 is 35.2. The third kappa shape index (κ3) is 8.85. The van der Waals surface area contributed by atoms with Crippen molar-refractivity contribution in [2.24, 2.45) is 23.2 Å². The SMILES string of the molecule is C=C1[C@H](OC(=O)c2ccccc2)[C@@H](OC(C)=O)[C@@H](OC(C)=O)C(C)(C)C=C[C@H](C)C(=O)[C@@]2(OC(C)=O)C[C@H](C)[C@H](OC(C)=O)[C@@H]2[C@H]1OC(C)=O. The molecule has 13 heteroatoms. The molecule has 9 atom stereocenters. The molecule has 0 bridgehead atoms. The van der Waals surface area contributed by atoms with Crippen LogP contribution in [0.1, 0.15) is 79.1 Å². The molecule has 50 heavy (non-hydrogen) atoms. The predicted octanol–water partition coefficient (Wildman–Crippen LogP) is 4.25. The van der Waals surface area contributed by atoms with Crippen LogP contribution in [0.4, 0.5) is 0 Å². The molecule has 0 aliphatic heterocycles. The molecule has 1 aromatic rings. The Kier molecular flexibility index (Phi) is 12.5. The lowest BCUT2D eigenvalue weighted by molar-refractivity contribution is -0.190. The number of rotatable bonds is 7. The lowest BCUT2D eigenvalue weighted by Gasteiger charge is -2.44. The van der Waals surface area contributed by atoms with Gasteiger partial charge in [-0.2, -0.15) is 0 Å². The van der Waals surface area contributed by atoms with Crippen molar-refractivity contribution in [2.75, 3.05) is 0 Å². The third-order valence-electron chi connectivity index (χ3n) is 8.87. The molecule has 0 amide bonds. The van der Waals surface area contributed by atoms with Gasteiger partial charge in [-0.05, 0) is 18.1 Å². The van der Waals surface area contributed by atoms with E-state index in [1.54, 1.807) is 52.0 Å². The summed E-state index contributed by atoms with van der Waals surface area (Å²) in [6, 6.07) is 7.82. The molecule has 0 unspecified atom stereocenters. The summed E-state index contributed by atoms with van der Waals surface area (Å²) in [6.07, 6.45) is -4.63. The van der Waals surface area contributed by atoms with Gasteiger partial charge in [0.05, 0.1) is 11.5 Å². The molecular weight excluding hydrogens is 652 g/mol. The van der Waals surface area contributed by atoms with Gasteiger partial charge >= 0.3 is 35.8 Å². The molecule has 0 spiro atoms. The van der Waals surface area contributed by atoms with Crippen molar-refractivity contribution in [3.8, 4) is 0 Å². The Balaban J connectivity index is 2.50. The fourth-order valence-electron chi connectivity index (χ4n) is 6.92. The van der Waals surface area contributed by atoms with Crippen molar-refractivity contribution >= 4 is 41.6 Å². The van der Waals surface area contributed by atoms with E-state index >= 15 is 0 Å². The number of hydrogen-bond donors (Lipinski definition) is 0. The van der Waals surface area contributed by atoms with Gasteiger partial charge < -0.3 is 28.4 Å². The average Bonchev–Trinajstić information content (AvgIpc) is 3.27. The van der Waals surface area contributed by atoms with Crippen LogP contribution in [-0.4, -0.2) is 77.7 Å². The molecule has 1 fully saturated rings. The molecule has 0 radical (unpaired) electrons. The summed E-state index contributed by atoms with van der Waals surface area (Å²) in [5, 5.41) is 0. The highest BCUT2D eigenvalue weighted by molar-refractivity contribution is 5.94. The smallest absolute Gasteiger partial charge is 0.338 e. The van der Waals surface area contributed by atoms with Gasteiger partial charge in [-0.3, -0.25) is 28.8 Å². The molecular formula is C37H46O13. The topological polar surface area (TPSA) is 175 Å². The van der Waals surface area contributed by atoms with E-state index in [2.05, 4.69) is 6.58 Å². The Morgan fingerprint density at radius 1 is 0.720 bits per heavy atom. The second-order valence-electron chi connectivity index (χ2n) is 13.5. The third-order valence-corrected chi connectivity index (χ3v) is 8.87. The van der Waals surface area contributed by atoms with Gasteiger partial charge in [0.25, 0.3) is 0 Å². The zero-order chi connectivity index (χ0) is 37.7. The number of allylic oxidation sites excluding steroid dienone is 1. The van der Waals surface area contributed by atoms with Crippen molar-refractivity contribution in [2.45, 2.75) is 105 Å². The Labute approximate surface area is 291 Å².